The molecule has 0 aliphatic heterocycles. The molecule has 0 bridgehead atoms. The van der Waals surface area contributed by atoms with Crippen LogP contribution in [-0.2, 0) is 13.9 Å². The summed E-state index contributed by atoms with van der Waals surface area (Å²) in [5.74, 6) is 3.53. The largest absolute Gasteiger partial charge is 0.508 e. The minimum absolute atomic E-state index is 0.0108. The van der Waals surface area contributed by atoms with Gasteiger partial charge in [-0.05, 0) is 94.5 Å². The summed E-state index contributed by atoms with van der Waals surface area (Å²) < 4.78 is 18.5. The van der Waals surface area contributed by atoms with Crippen molar-refractivity contribution in [1.82, 2.24) is 0 Å². The van der Waals surface area contributed by atoms with Crippen LogP contribution < -0.4 is 10.4 Å². The number of carbonyl (C=O) groups excluding carboxylic acids is 1. The Morgan fingerprint density at radius 1 is 0.896 bits per heavy atom. The van der Waals surface area contributed by atoms with Gasteiger partial charge in [0.05, 0.1) is 6.61 Å². The van der Waals surface area contributed by atoms with Crippen LogP contribution in [0.3, 0.4) is 0 Å². The van der Waals surface area contributed by atoms with Gasteiger partial charge in [-0.25, -0.2) is 4.79 Å². The number of fused-ring (bicyclic) bond motifs is 5. The summed E-state index contributed by atoms with van der Waals surface area (Å²) >= 11 is 0. The number of rotatable bonds is 9. The Bertz CT molecular complexity index is 1440. The number of hydrogen-bond donors (Lipinski definition) is 0. The predicted molar refractivity (Wildman–Crippen MR) is 199 cm³/mol. The average Bonchev–Trinajstić information content (AvgIpc) is 3.42. The molecule has 2 aromatic carbocycles. The Morgan fingerprint density at radius 3 is 2.15 bits per heavy atom. The van der Waals surface area contributed by atoms with Crippen LogP contribution >= 0.6 is 0 Å². The molecule has 4 nitrogen and oxygen atoms in total. The van der Waals surface area contributed by atoms with E-state index in [1.807, 2.05) is 13.8 Å². The average molecular weight is 669 g/mol. The zero-order valence-corrected chi connectivity index (χ0v) is 31.8. The molecule has 2 saturated carbocycles. The van der Waals surface area contributed by atoms with Crippen molar-refractivity contribution in [2.75, 3.05) is 13.2 Å². The standard InChI is InChI=1S/C43H60O4Si/c1-30(2)28-45-40(44)47-33-23-25-42(7)32(27-33)19-20-36-38-22-21-37(43(38,8)26-24-39(36)42)31(3)29-46-48(41(4,5)6,34-15-11-9-12-16-34)35-17-13-10-14-18-35/h9-19,23,25,30-31,33,36-39H,20-22,24,26-29H2,1-8H3/t31?,33-,36-,37+,38-,39-,42-,43+/m0/s1. The fourth-order valence-electron chi connectivity index (χ4n) is 10.8. The van der Waals surface area contributed by atoms with Crippen LogP contribution in [0.2, 0.25) is 5.04 Å². The van der Waals surface area contributed by atoms with Gasteiger partial charge in [-0.15, -0.1) is 0 Å². The minimum atomic E-state index is -2.57. The molecule has 1 unspecified atom stereocenters. The van der Waals surface area contributed by atoms with E-state index in [-0.39, 0.29) is 16.6 Å². The zero-order chi connectivity index (χ0) is 34.3. The monoisotopic (exact) mass is 668 g/mol. The van der Waals surface area contributed by atoms with Crippen molar-refractivity contribution in [1.29, 1.82) is 0 Å². The molecule has 0 amide bonds. The number of carbonyl (C=O) groups is 1. The van der Waals surface area contributed by atoms with Crippen molar-refractivity contribution in [2.45, 2.75) is 105 Å². The van der Waals surface area contributed by atoms with Crippen molar-refractivity contribution in [3.63, 3.8) is 0 Å². The van der Waals surface area contributed by atoms with Crippen LogP contribution in [-0.4, -0.2) is 33.8 Å². The van der Waals surface area contributed by atoms with E-state index < -0.39 is 14.5 Å². The van der Waals surface area contributed by atoms with Crippen molar-refractivity contribution in [3.8, 4) is 0 Å². The topological polar surface area (TPSA) is 44.8 Å². The second-order valence-electron chi connectivity index (χ2n) is 17.5. The molecule has 0 spiro atoms. The van der Waals surface area contributed by atoms with E-state index in [2.05, 4.69) is 120 Å². The summed E-state index contributed by atoms with van der Waals surface area (Å²) in [6.45, 7) is 20.0. The van der Waals surface area contributed by atoms with Crippen LogP contribution in [0.15, 0.2) is 84.5 Å². The third kappa shape index (κ3) is 6.28. The zero-order valence-electron chi connectivity index (χ0n) is 30.8. The first kappa shape index (κ1) is 35.2. The summed E-state index contributed by atoms with van der Waals surface area (Å²) in [6, 6.07) is 22.2. The first-order valence-corrected chi connectivity index (χ1v) is 20.7. The Morgan fingerprint density at radius 2 is 1.54 bits per heavy atom. The highest BCUT2D eigenvalue weighted by atomic mass is 28.4. The summed E-state index contributed by atoms with van der Waals surface area (Å²) in [7, 11) is -2.57. The van der Waals surface area contributed by atoms with Crippen LogP contribution in [0.1, 0.15) is 93.9 Å². The summed E-state index contributed by atoms with van der Waals surface area (Å²) in [5.41, 5.74) is 1.83. The second-order valence-corrected chi connectivity index (χ2v) is 21.8. The Balaban J connectivity index is 1.18. The van der Waals surface area contributed by atoms with Crippen LogP contribution in [0.4, 0.5) is 4.79 Å². The van der Waals surface area contributed by atoms with E-state index in [1.165, 1.54) is 41.6 Å². The van der Waals surface area contributed by atoms with Gasteiger partial charge < -0.3 is 13.9 Å². The number of hydrogen-bond acceptors (Lipinski definition) is 4. The van der Waals surface area contributed by atoms with E-state index in [9.17, 15) is 4.79 Å². The van der Waals surface area contributed by atoms with Crippen molar-refractivity contribution >= 4 is 24.8 Å². The smallest absolute Gasteiger partial charge is 0.434 e. The van der Waals surface area contributed by atoms with Gasteiger partial charge in [-0.3, -0.25) is 0 Å². The maximum absolute atomic E-state index is 12.3. The summed E-state index contributed by atoms with van der Waals surface area (Å²) in [6.07, 6.45) is 13.4. The van der Waals surface area contributed by atoms with Crippen molar-refractivity contribution < 1.29 is 18.7 Å². The Labute approximate surface area is 291 Å². The normalized spacial score (nSPS) is 32.1. The lowest BCUT2D eigenvalue weighted by Crippen LogP contribution is -2.67. The molecule has 5 heteroatoms. The van der Waals surface area contributed by atoms with Crippen molar-refractivity contribution in [3.05, 3.63) is 84.5 Å². The summed E-state index contributed by atoms with van der Waals surface area (Å²) in [5, 5.41) is 2.72. The molecule has 2 aromatic rings. The Hall–Kier alpha value is -2.63. The molecule has 4 aliphatic carbocycles. The number of benzene rings is 2. The molecule has 48 heavy (non-hydrogen) atoms. The second kappa shape index (κ2) is 13.6. The molecular weight excluding hydrogens is 609 g/mol. The van der Waals surface area contributed by atoms with Gasteiger partial charge >= 0.3 is 6.16 Å². The predicted octanol–water partition coefficient (Wildman–Crippen LogP) is 9.73. The Kier molecular flexibility index (Phi) is 9.96. The van der Waals surface area contributed by atoms with Gasteiger partial charge in [0.15, 0.2) is 0 Å². The first-order chi connectivity index (χ1) is 22.8. The molecule has 0 saturated heterocycles. The van der Waals surface area contributed by atoms with Gasteiger partial charge in [-0.2, -0.15) is 0 Å². The van der Waals surface area contributed by atoms with Gasteiger partial charge in [0.1, 0.15) is 6.10 Å². The fourth-order valence-corrected chi connectivity index (χ4v) is 15.5. The van der Waals surface area contributed by atoms with E-state index in [0.717, 1.165) is 25.4 Å². The SMILES string of the molecule is CC(C)COC(=O)O[C@H]1C=C[C@@]2(C)C(=CC[C@H]3[C@@H]4CC[C@H](C(C)CO[Si](c5ccccc5)(c5ccccc5)C(C)(C)C)[C@@]4(C)CC[C@@H]32)C1. The molecule has 0 radical (unpaired) electrons. The molecular formula is C43H60O4Si. The fraction of sp³-hybridized carbons (Fsp3) is 0.605. The maximum atomic E-state index is 12.3. The van der Waals surface area contributed by atoms with Crippen LogP contribution in [0.25, 0.3) is 0 Å². The van der Waals surface area contributed by atoms with Gasteiger partial charge in [0, 0.05) is 18.4 Å². The third-order valence-electron chi connectivity index (χ3n) is 13.1. The minimum Gasteiger partial charge on any atom is -0.434 e. The van der Waals surface area contributed by atoms with E-state index >= 15 is 0 Å². The highest BCUT2D eigenvalue weighted by molar-refractivity contribution is 6.99. The lowest BCUT2D eigenvalue weighted by molar-refractivity contribution is -0.0401. The lowest BCUT2D eigenvalue weighted by atomic mass is 9.48. The first-order valence-electron chi connectivity index (χ1n) is 18.8. The molecule has 8 atom stereocenters. The van der Waals surface area contributed by atoms with Crippen LogP contribution in [0, 0.1) is 46.3 Å². The molecule has 0 heterocycles. The molecule has 0 N–H and O–H groups in total. The number of allylic oxidation sites excluding steroid dienone is 2. The lowest BCUT2D eigenvalue weighted by Gasteiger charge is -2.57. The van der Waals surface area contributed by atoms with Crippen LogP contribution in [0.5, 0.6) is 0 Å². The van der Waals surface area contributed by atoms with E-state index in [1.54, 1.807) is 0 Å². The van der Waals surface area contributed by atoms with E-state index in [0.29, 0.717) is 41.6 Å². The molecule has 4 aliphatic rings. The van der Waals surface area contributed by atoms with Gasteiger partial charge in [0.25, 0.3) is 8.32 Å². The van der Waals surface area contributed by atoms with Crippen molar-refractivity contribution in [2.24, 2.45) is 46.3 Å². The summed E-state index contributed by atoms with van der Waals surface area (Å²) in [4.78, 5) is 12.3. The highest BCUT2D eigenvalue weighted by Gasteiger charge is 2.59. The third-order valence-corrected chi connectivity index (χ3v) is 18.1. The quantitative estimate of drug-likeness (QED) is 0.152. The van der Waals surface area contributed by atoms with Gasteiger partial charge in [-0.1, -0.05) is 134 Å². The molecule has 260 valence electrons. The molecule has 0 aromatic heterocycles. The van der Waals surface area contributed by atoms with E-state index in [4.69, 9.17) is 13.9 Å². The highest BCUT2D eigenvalue weighted by Crippen LogP contribution is 2.66. The number of ether oxygens (including phenoxy) is 2. The maximum Gasteiger partial charge on any atom is 0.508 e. The molecule has 6 rings (SSSR count). The van der Waals surface area contributed by atoms with Gasteiger partial charge in [0.2, 0.25) is 0 Å². The molecule has 2 fully saturated rings.